The van der Waals surface area contributed by atoms with E-state index in [1.807, 2.05) is 0 Å². The molecule has 0 aromatic heterocycles. The maximum atomic E-state index is 12.1. The number of carbonyl (C=O) groups is 1. The lowest BCUT2D eigenvalue weighted by Gasteiger charge is -2.43. The first kappa shape index (κ1) is 17.6. The summed E-state index contributed by atoms with van der Waals surface area (Å²) in [6.07, 6.45) is -7.29. The van der Waals surface area contributed by atoms with E-state index in [0.717, 1.165) is 0 Å². The van der Waals surface area contributed by atoms with Crippen molar-refractivity contribution in [3.8, 4) is 5.75 Å². The molecule has 0 saturated carbocycles. The van der Waals surface area contributed by atoms with E-state index in [2.05, 4.69) is 4.74 Å². The Kier molecular flexibility index (Phi) is 4.90. The van der Waals surface area contributed by atoms with Crippen molar-refractivity contribution >= 4 is 5.97 Å². The molecule has 0 aliphatic carbocycles. The maximum absolute atomic E-state index is 12.1. The molecule has 1 fully saturated rings. The summed E-state index contributed by atoms with van der Waals surface area (Å²) in [5.74, 6) is -4.61. The minimum atomic E-state index is -3.00. The topological polar surface area (TPSA) is 157 Å². The number of aliphatic hydroxyl groups is 5. The molecule has 128 valence electrons. The number of ether oxygens (including phenoxy) is 2. The second kappa shape index (κ2) is 6.40. The van der Waals surface area contributed by atoms with Gasteiger partial charge in [-0.25, -0.2) is 4.79 Å². The molecule has 23 heavy (non-hydrogen) atoms. The Morgan fingerprint density at radius 1 is 1.30 bits per heavy atom. The minimum absolute atomic E-state index is 0.296. The third-order valence-corrected chi connectivity index (χ3v) is 3.62. The van der Waals surface area contributed by atoms with Gasteiger partial charge in [0.25, 0.3) is 0 Å². The van der Waals surface area contributed by atoms with Crippen molar-refractivity contribution in [2.45, 2.75) is 37.3 Å². The molecule has 9 nitrogen and oxygen atoms in total. The quantitative estimate of drug-likeness (QED) is 0.272. The molecule has 0 spiro atoms. The van der Waals surface area contributed by atoms with Crippen molar-refractivity contribution in [1.82, 2.24) is 0 Å². The number of aromatic hydroxyl groups is 1. The van der Waals surface area contributed by atoms with Crippen LogP contribution in [-0.2, 0) is 9.47 Å². The van der Waals surface area contributed by atoms with Gasteiger partial charge in [0.05, 0.1) is 6.61 Å². The summed E-state index contributed by atoms with van der Waals surface area (Å²) in [4.78, 5) is 12.1. The van der Waals surface area contributed by atoms with E-state index in [1.165, 1.54) is 25.1 Å². The van der Waals surface area contributed by atoms with Crippen molar-refractivity contribution in [2.24, 2.45) is 0 Å². The van der Waals surface area contributed by atoms with Gasteiger partial charge in [-0.2, -0.15) is 0 Å². The number of benzene rings is 1. The van der Waals surface area contributed by atoms with Gasteiger partial charge < -0.3 is 40.1 Å². The van der Waals surface area contributed by atoms with E-state index in [4.69, 9.17) is 9.84 Å². The van der Waals surface area contributed by atoms with Crippen LogP contribution in [0.5, 0.6) is 5.75 Å². The van der Waals surface area contributed by atoms with E-state index >= 15 is 0 Å². The molecule has 6 N–H and O–H groups in total. The van der Waals surface area contributed by atoms with Gasteiger partial charge in [-0.15, -0.1) is 0 Å². The Hall–Kier alpha value is -1.75. The average molecular weight is 330 g/mol. The van der Waals surface area contributed by atoms with Gasteiger partial charge >= 0.3 is 11.9 Å². The zero-order valence-electron chi connectivity index (χ0n) is 12.2. The van der Waals surface area contributed by atoms with Crippen LogP contribution in [0.2, 0.25) is 0 Å². The van der Waals surface area contributed by atoms with Gasteiger partial charge in [0.15, 0.2) is 6.10 Å². The van der Waals surface area contributed by atoms with Crippen molar-refractivity contribution in [3.05, 3.63) is 29.3 Å². The Morgan fingerprint density at radius 3 is 2.57 bits per heavy atom. The highest BCUT2D eigenvalue weighted by Gasteiger charge is 2.56. The summed E-state index contributed by atoms with van der Waals surface area (Å²) in [6, 6.07) is 4.22. The predicted octanol–water partition coefficient (Wildman–Crippen LogP) is -2.02. The molecule has 2 rings (SSSR count). The number of esters is 1. The van der Waals surface area contributed by atoms with E-state index in [1.54, 1.807) is 0 Å². The monoisotopic (exact) mass is 330 g/mol. The first-order chi connectivity index (χ1) is 10.7. The molecule has 1 aliphatic heterocycles. The van der Waals surface area contributed by atoms with Gasteiger partial charge in [0.2, 0.25) is 0 Å². The minimum Gasteiger partial charge on any atom is -0.507 e. The van der Waals surface area contributed by atoms with Crippen molar-refractivity contribution in [2.75, 3.05) is 6.61 Å². The molecule has 1 aromatic carbocycles. The molecule has 9 heteroatoms. The van der Waals surface area contributed by atoms with Crippen LogP contribution < -0.4 is 0 Å². The Bertz CT molecular complexity index is 588. The fourth-order valence-corrected chi connectivity index (χ4v) is 2.22. The molecule has 1 unspecified atom stereocenters. The highest BCUT2D eigenvalue weighted by atomic mass is 16.8. The Balaban J connectivity index is 2.26. The third-order valence-electron chi connectivity index (χ3n) is 3.62. The van der Waals surface area contributed by atoms with Crippen molar-refractivity contribution < 1.29 is 44.9 Å². The van der Waals surface area contributed by atoms with Crippen LogP contribution in [0.3, 0.4) is 0 Å². The zero-order chi connectivity index (χ0) is 17.4. The summed E-state index contributed by atoms with van der Waals surface area (Å²) in [7, 11) is 0. The van der Waals surface area contributed by atoms with Gasteiger partial charge in [-0.3, -0.25) is 0 Å². The molecular formula is C14H18O9. The number of phenolic OH excluding ortho intramolecular Hbond substituents is 1. The highest BCUT2D eigenvalue weighted by molar-refractivity contribution is 5.93. The summed E-state index contributed by atoms with van der Waals surface area (Å²) < 4.78 is 9.47. The first-order valence-corrected chi connectivity index (χ1v) is 6.78. The number of hydrogen-bond donors (Lipinski definition) is 6. The number of aliphatic hydroxyl groups excluding tert-OH is 4. The first-order valence-electron chi connectivity index (χ1n) is 6.78. The van der Waals surface area contributed by atoms with Crippen LogP contribution in [0.25, 0.3) is 0 Å². The largest absolute Gasteiger partial charge is 0.507 e. The van der Waals surface area contributed by atoms with Gasteiger partial charge in [-0.05, 0) is 18.6 Å². The average Bonchev–Trinajstić information content (AvgIpc) is 2.51. The molecule has 1 saturated heterocycles. The van der Waals surface area contributed by atoms with Crippen LogP contribution >= 0.6 is 0 Å². The van der Waals surface area contributed by atoms with Gasteiger partial charge in [-0.1, -0.05) is 12.1 Å². The number of phenols is 1. The number of para-hydroxylation sites is 1. The van der Waals surface area contributed by atoms with Crippen LogP contribution in [0.15, 0.2) is 18.2 Å². The summed E-state index contributed by atoms with van der Waals surface area (Å²) in [5, 5.41) is 58.1. The standard InChI is InChI=1S/C14H18O9/c1-6-3-2-4-7(9(6)16)13(20)23-14(21)12(19)11(18)10(17)8(5-15)22-14/h2-4,8,10-12,15-19,21H,5H2,1H3/t8-,10-,11+,12-,14?/m1/s1. The Morgan fingerprint density at radius 2 is 1.96 bits per heavy atom. The molecule has 1 aliphatic rings. The molecule has 0 amide bonds. The number of hydrogen-bond acceptors (Lipinski definition) is 9. The molecule has 1 aromatic rings. The Labute approximate surface area is 130 Å². The van der Waals surface area contributed by atoms with Gasteiger partial charge in [0, 0.05) is 0 Å². The fourth-order valence-electron chi connectivity index (χ4n) is 2.22. The van der Waals surface area contributed by atoms with Crippen LogP contribution in [0.4, 0.5) is 0 Å². The molecule has 0 radical (unpaired) electrons. The number of rotatable bonds is 3. The SMILES string of the molecule is Cc1cccc(C(=O)OC2(O)O[C@H](CO)[C@@H](O)[C@H](O)[C@H]2O)c1O. The zero-order valence-corrected chi connectivity index (χ0v) is 12.2. The lowest BCUT2D eigenvalue weighted by atomic mass is 9.98. The second-order valence-electron chi connectivity index (χ2n) is 5.26. The lowest BCUT2D eigenvalue weighted by Crippen LogP contribution is -2.66. The van der Waals surface area contributed by atoms with Crippen LogP contribution in [0.1, 0.15) is 15.9 Å². The molecule has 5 atom stereocenters. The highest BCUT2D eigenvalue weighted by Crippen LogP contribution is 2.31. The second-order valence-corrected chi connectivity index (χ2v) is 5.26. The van der Waals surface area contributed by atoms with E-state index in [0.29, 0.717) is 5.56 Å². The summed E-state index contributed by atoms with van der Waals surface area (Å²) >= 11 is 0. The number of carbonyl (C=O) groups excluding carboxylic acids is 1. The van der Waals surface area contributed by atoms with E-state index in [-0.39, 0.29) is 11.3 Å². The van der Waals surface area contributed by atoms with Crippen LogP contribution in [0, 0.1) is 6.92 Å². The smallest absolute Gasteiger partial charge is 0.357 e. The fraction of sp³-hybridized carbons (Fsp3) is 0.500. The lowest BCUT2D eigenvalue weighted by molar-refractivity contribution is -0.430. The van der Waals surface area contributed by atoms with E-state index in [9.17, 15) is 30.3 Å². The van der Waals surface area contributed by atoms with Crippen molar-refractivity contribution in [3.63, 3.8) is 0 Å². The number of aryl methyl sites for hydroxylation is 1. The molecular weight excluding hydrogens is 312 g/mol. The summed E-state index contributed by atoms with van der Waals surface area (Å²) in [5.41, 5.74) is 0.0793. The predicted molar refractivity (Wildman–Crippen MR) is 73.2 cm³/mol. The van der Waals surface area contributed by atoms with Gasteiger partial charge in [0.1, 0.15) is 29.6 Å². The van der Waals surface area contributed by atoms with Crippen LogP contribution in [-0.4, -0.2) is 73.6 Å². The molecule has 1 heterocycles. The molecule has 0 bridgehead atoms. The maximum Gasteiger partial charge on any atom is 0.357 e. The van der Waals surface area contributed by atoms with Crippen molar-refractivity contribution in [1.29, 1.82) is 0 Å². The normalized spacial score (nSPS) is 34.2. The van der Waals surface area contributed by atoms with E-state index < -0.39 is 43.0 Å². The third kappa shape index (κ3) is 3.15. The summed E-state index contributed by atoms with van der Waals surface area (Å²) in [6.45, 7) is 0.731.